The lowest BCUT2D eigenvalue weighted by Gasteiger charge is -2.36. The molecule has 2 N–H and O–H groups in total. The first-order chi connectivity index (χ1) is 14.1. The molecule has 1 aromatic carbocycles. The number of aromatic nitrogens is 2. The lowest BCUT2D eigenvalue weighted by atomic mass is 9.97. The fourth-order valence-electron chi connectivity index (χ4n) is 3.88. The Hall–Kier alpha value is -2.22. The molecule has 7 heteroatoms. The predicted molar refractivity (Wildman–Crippen MR) is 120 cm³/mol. The molecule has 0 bridgehead atoms. The Morgan fingerprint density at radius 1 is 1.24 bits per heavy atom. The number of aromatic amines is 1. The molecule has 3 aromatic rings. The standard InChI is InChI=1S/C22H26N4OS2/c1-16-9-11-25(12-10-16)18(20-8-5-13-29-20)14-23-21(27)19-15-24-22(28)26(19)17-6-3-2-4-7-17/h2-8,13,15-16,18H,9-12,14H2,1H3,(H,23,27)(H,24,28)/t18-/m1/s1. The Labute approximate surface area is 180 Å². The summed E-state index contributed by atoms with van der Waals surface area (Å²) >= 11 is 7.17. The molecule has 1 aliphatic heterocycles. The molecule has 1 atom stereocenters. The minimum Gasteiger partial charge on any atom is -0.349 e. The van der Waals surface area contributed by atoms with Crippen LogP contribution >= 0.6 is 23.6 Å². The van der Waals surface area contributed by atoms with E-state index in [-0.39, 0.29) is 11.9 Å². The van der Waals surface area contributed by atoms with Gasteiger partial charge in [-0.1, -0.05) is 31.2 Å². The van der Waals surface area contributed by atoms with Gasteiger partial charge in [0.2, 0.25) is 0 Å². The number of hydrogen-bond acceptors (Lipinski definition) is 4. The van der Waals surface area contributed by atoms with Gasteiger partial charge in [0.25, 0.3) is 5.91 Å². The minimum absolute atomic E-state index is 0.117. The van der Waals surface area contributed by atoms with Crippen LogP contribution in [-0.4, -0.2) is 40.0 Å². The topological polar surface area (TPSA) is 53.1 Å². The number of nitrogens with one attached hydrogen (secondary N) is 2. The monoisotopic (exact) mass is 426 g/mol. The van der Waals surface area contributed by atoms with Crippen molar-refractivity contribution in [1.29, 1.82) is 0 Å². The SMILES string of the molecule is CC1CCN([C@H](CNC(=O)c2c[nH]c(=S)n2-c2ccccc2)c2cccs2)CC1. The first kappa shape index (κ1) is 20.1. The first-order valence-electron chi connectivity index (χ1n) is 10.0. The summed E-state index contributed by atoms with van der Waals surface area (Å²) in [5.41, 5.74) is 1.40. The molecule has 1 amide bonds. The van der Waals surface area contributed by atoms with Gasteiger partial charge in [0, 0.05) is 23.3 Å². The third-order valence-electron chi connectivity index (χ3n) is 5.61. The van der Waals surface area contributed by atoms with E-state index in [1.54, 1.807) is 22.1 Å². The lowest BCUT2D eigenvalue weighted by Crippen LogP contribution is -2.41. The van der Waals surface area contributed by atoms with Gasteiger partial charge in [0.1, 0.15) is 5.69 Å². The minimum atomic E-state index is -0.117. The van der Waals surface area contributed by atoms with Crippen LogP contribution in [0.1, 0.15) is 41.2 Å². The van der Waals surface area contributed by atoms with Gasteiger partial charge >= 0.3 is 0 Å². The molecule has 5 nitrogen and oxygen atoms in total. The summed E-state index contributed by atoms with van der Waals surface area (Å²) in [5, 5.41) is 5.27. The number of carbonyl (C=O) groups excluding carboxylic acids is 1. The number of nitrogens with zero attached hydrogens (tertiary/aromatic N) is 2. The maximum Gasteiger partial charge on any atom is 0.269 e. The normalized spacial score (nSPS) is 16.6. The largest absolute Gasteiger partial charge is 0.349 e. The number of H-pyrrole nitrogens is 1. The van der Waals surface area contributed by atoms with Crippen molar-refractivity contribution in [3.63, 3.8) is 0 Å². The molecule has 4 rings (SSSR count). The number of rotatable bonds is 6. The van der Waals surface area contributed by atoms with Gasteiger partial charge in [0.05, 0.1) is 6.04 Å². The van der Waals surface area contributed by atoms with E-state index >= 15 is 0 Å². The molecule has 1 aliphatic rings. The third-order valence-corrected chi connectivity index (χ3v) is 6.88. The van der Waals surface area contributed by atoms with Gasteiger partial charge in [-0.3, -0.25) is 14.3 Å². The van der Waals surface area contributed by atoms with E-state index in [4.69, 9.17) is 12.2 Å². The zero-order valence-electron chi connectivity index (χ0n) is 16.5. The van der Waals surface area contributed by atoms with Crippen molar-refractivity contribution < 1.29 is 4.79 Å². The van der Waals surface area contributed by atoms with Crippen molar-refractivity contribution in [2.75, 3.05) is 19.6 Å². The second kappa shape index (κ2) is 9.07. The molecule has 2 aromatic heterocycles. The molecular formula is C22H26N4OS2. The predicted octanol–water partition coefficient (Wildman–Crippen LogP) is 4.80. The number of para-hydroxylation sites is 1. The molecule has 1 saturated heterocycles. The van der Waals surface area contributed by atoms with Crippen LogP contribution in [0.2, 0.25) is 0 Å². The number of amides is 1. The zero-order valence-corrected chi connectivity index (χ0v) is 18.1. The van der Waals surface area contributed by atoms with E-state index < -0.39 is 0 Å². The molecular weight excluding hydrogens is 400 g/mol. The average Bonchev–Trinajstić information content (AvgIpc) is 3.40. The molecule has 0 saturated carbocycles. The summed E-state index contributed by atoms with van der Waals surface area (Å²) in [6.45, 7) is 5.05. The second-order valence-electron chi connectivity index (χ2n) is 7.61. The molecule has 152 valence electrons. The number of hydrogen-bond donors (Lipinski definition) is 2. The molecule has 0 aliphatic carbocycles. The van der Waals surface area contributed by atoms with E-state index in [9.17, 15) is 4.79 Å². The van der Waals surface area contributed by atoms with Crippen LogP contribution in [0.5, 0.6) is 0 Å². The maximum atomic E-state index is 13.0. The Morgan fingerprint density at radius 2 is 2.00 bits per heavy atom. The van der Waals surface area contributed by atoms with Gasteiger partial charge in [-0.05, 0) is 67.6 Å². The van der Waals surface area contributed by atoms with Crippen LogP contribution in [0, 0.1) is 10.7 Å². The van der Waals surface area contributed by atoms with E-state index in [2.05, 4.69) is 39.6 Å². The molecule has 0 radical (unpaired) electrons. The zero-order chi connectivity index (χ0) is 20.2. The Bertz CT molecular complexity index is 986. The van der Waals surface area contributed by atoms with Crippen LogP contribution < -0.4 is 5.32 Å². The summed E-state index contributed by atoms with van der Waals surface area (Å²) in [7, 11) is 0. The van der Waals surface area contributed by atoms with E-state index in [0.717, 1.165) is 24.7 Å². The summed E-state index contributed by atoms with van der Waals surface area (Å²) in [4.78, 5) is 19.9. The highest BCUT2D eigenvalue weighted by Gasteiger charge is 2.26. The maximum absolute atomic E-state index is 13.0. The van der Waals surface area contributed by atoms with Crippen molar-refractivity contribution >= 4 is 29.5 Å². The van der Waals surface area contributed by atoms with Crippen molar-refractivity contribution in [2.45, 2.75) is 25.8 Å². The van der Waals surface area contributed by atoms with Crippen molar-refractivity contribution in [1.82, 2.24) is 19.8 Å². The molecule has 29 heavy (non-hydrogen) atoms. The second-order valence-corrected chi connectivity index (χ2v) is 8.98. The van der Waals surface area contributed by atoms with Crippen LogP contribution in [0.4, 0.5) is 0 Å². The summed E-state index contributed by atoms with van der Waals surface area (Å²) in [6, 6.07) is 14.2. The fraction of sp³-hybridized carbons (Fsp3) is 0.364. The highest BCUT2D eigenvalue weighted by molar-refractivity contribution is 7.71. The average molecular weight is 427 g/mol. The van der Waals surface area contributed by atoms with Gasteiger partial charge in [-0.2, -0.15) is 0 Å². The lowest BCUT2D eigenvalue weighted by molar-refractivity contribution is 0.0908. The number of piperidine rings is 1. The number of thiophene rings is 1. The number of benzene rings is 1. The van der Waals surface area contributed by atoms with Gasteiger partial charge < -0.3 is 10.3 Å². The third kappa shape index (κ3) is 4.52. The number of imidazole rings is 1. The highest BCUT2D eigenvalue weighted by Crippen LogP contribution is 2.29. The van der Waals surface area contributed by atoms with Crippen LogP contribution in [0.3, 0.4) is 0 Å². The summed E-state index contributed by atoms with van der Waals surface area (Å²) < 4.78 is 2.30. The molecule has 1 fully saturated rings. The van der Waals surface area contributed by atoms with Gasteiger partial charge in [-0.25, -0.2) is 0 Å². The van der Waals surface area contributed by atoms with Crippen LogP contribution in [-0.2, 0) is 0 Å². The van der Waals surface area contributed by atoms with Crippen LogP contribution in [0.25, 0.3) is 5.69 Å². The highest BCUT2D eigenvalue weighted by atomic mass is 32.1. The van der Waals surface area contributed by atoms with E-state index in [1.165, 1.54) is 17.7 Å². The fourth-order valence-corrected chi connectivity index (χ4v) is 5.00. The summed E-state index contributed by atoms with van der Waals surface area (Å²) in [5.74, 6) is 0.660. The Balaban J connectivity index is 1.51. The summed E-state index contributed by atoms with van der Waals surface area (Å²) in [6.07, 6.45) is 4.11. The first-order valence-corrected chi connectivity index (χ1v) is 11.3. The molecule has 3 heterocycles. The quantitative estimate of drug-likeness (QED) is 0.557. The smallest absolute Gasteiger partial charge is 0.269 e. The van der Waals surface area contributed by atoms with E-state index in [1.807, 2.05) is 30.3 Å². The Kier molecular flexibility index (Phi) is 6.28. The molecule has 0 spiro atoms. The van der Waals surface area contributed by atoms with Gasteiger partial charge in [-0.15, -0.1) is 11.3 Å². The van der Waals surface area contributed by atoms with Crippen LogP contribution in [0.15, 0.2) is 54.0 Å². The van der Waals surface area contributed by atoms with Crippen molar-refractivity contribution in [2.24, 2.45) is 5.92 Å². The van der Waals surface area contributed by atoms with Crippen molar-refractivity contribution in [3.05, 3.63) is 69.4 Å². The van der Waals surface area contributed by atoms with E-state index in [0.29, 0.717) is 17.0 Å². The number of likely N-dealkylation sites (tertiary alicyclic amines) is 1. The Morgan fingerprint density at radius 3 is 2.69 bits per heavy atom. The van der Waals surface area contributed by atoms with Gasteiger partial charge in [0.15, 0.2) is 4.77 Å². The number of carbonyl (C=O) groups is 1. The molecule has 0 unspecified atom stereocenters. The van der Waals surface area contributed by atoms with Crippen molar-refractivity contribution in [3.8, 4) is 5.69 Å².